The van der Waals surface area contributed by atoms with Gasteiger partial charge in [-0.1, -0.05) is 19.1 Å². The molecule has 2 aromatic carbocycles. The number of phenols is 1. The van der Waals surface area contributed by atoms with Crippen LogP contribution in [0.5, 0.6) is 11.5 Å². The third kappa shape index (κ3) is 3.95. The van der Waals surface area contributed by atoms with E-state index in [0.29, 0.717) is 6.42 Å². The van der Waals surface area contributed by atoms with Gasteiger partial charge in [-0.05, 0) is 38.1 Å². The van der Waals surface area contributed by atoms with Crippen molar-refractivity contribution in [3.63, 3.8) is 0 Å². The quantitative estimate of drug-likeness (QED) is 0.332. The molecule has 1 unspecified atom stereocenters. The minimum Gasteiger partial charge on any atom is -0.507 e. The molecule has 0 aromatic heterocycles. The molecule has 7 atom stereocenters. The minimum absolute atomic E-state index is 0.0348. The molecule has 10 heteroatoms. The molecule has 1 saturated heterocycles. The van der Waals surface area contributed by atoms with Crippen molar-refractivity contribution in [3.05, 3.63) is 57.6 Å². The molecule has 0 radical (unpaired) electrons. The molecule has 0 saturated carbocycles. The zero-order valence-corrected chi connectivity index (χ0v) is 21.7. The van der Waals surface area contributed by atoms with Crippen LogP contribution in [-0.2, 0) is 9.47 Å². The summed E-state index contributed by atoms with van der Waals surface area (Å²) in [7, 11) is 3.13. The van der Waals surface area contributed by atoms with Crippen LogP contribution in [0.1, 0.15) is 88.3 Å². The van der Waals surface area contributed by atoms with Gasteiger partial charge in [-0.25, -0.2) is 0 Å². The van der Waals surface area contributed by atoms with Crippen molar-refractivity contribution in [2.45, 2.75) is 75.5 Å². The molecule has 0 bridgehead atoms. The highest BCUT2D eigenvalue weighted by atomic mass is 16.7. The molecule has 1 heterocycles. The van der Waals surface area contributed by atoms with Crippen LogP contribution in [0.25, 0.3) is 0 Å². The van der Waals surface area contributed by atoms with Gasteiger partial charge >= 0.3 is 0 Å². The number of ether oxygens (including phenoxy) is 3. The summed E-state index contributed by atoms with van der Waals surface area (Å²) in [5.74, 6) is -1.41. The molecule has 1 aliphatic heterocycles. The Balaban J connectivity index is 1.64. The number of fused-ring (bicyclic) bond motifs is 3. The van der Waals surface area contributed by atoms with E-state index in [1.807, 2.05) is 0 Å². The van der Waals surface area contributed by atoms with E-state index in [1.54, 1.807) is 33.0 Å². The summed E-state index contributed by atoms with van der Waals surface area (Å²) in [5.41, 5.74) is -1.51. The van der Waals surface area contributed by atoms with Crippen LogP contribution >= 0.6 is 0 Å². The van der Waals surface area contributed by atoms with Crippen LogP contribution in [0, 0.1) is 0 Å². The molecule has 204 valence electrons. The maximum Gasteiger partial charge on any atom is 0.198 e. The number of hydrogen-bond acceptors (Lipinski definition) is 10. The summed E-state index contributed by atoms with van der Waals surface area (Å²) >= 11 is 0. The number of likely N-dealkylation sites (N-methyl/N-ethyl adjacent to an activating group) is 1. The fourth-order valence-corrected chi connectivity index (χ4v) is 5.94. The van der Waals surface area contributed by atoms with Crippen LogP contribution in [0.15, 0.2) is 24.3 Å². The highest BCUT2D eigenvalue weighted by Gasteiger charge is 2.49. The lowest BCUT2D eigenvalue weighted by Crippen LogP contribution is -2.53. The van der Waals surface area contributed by atoms with E-state index in [-0.39, 0.29) is 58.0 Å². The molecule has 1 fully saturated rings. The van der Waals surface area contributed by atoms with Gasteiger partial charge in [-0.2, -0.15) is 0 Å². The van der Waals surface area contributed by atoms with Gasteiger partial charge in [0.2, 0.25) is 0 Å². The minimum atomic E-state index is -1.67. The standard InChI is InChI=1S/C28H33NO9/c1-5-28(35)11-18(38-19-10-16(29-3)23(30)12(2)37-19)14-9-15-21(26(33)22(14)27(28)34)24(31)13-7-6-8-17(36-4)20(13)25(15)32/h6-9,12,16,18-19,23,27,29-30,33-35H,5,10-11H2,1-4H3/t12-,16-,18-,19-,23+,27?,28+/m0/s1. The summed E-state index contributed by atoms with van der Waals surface area (Å²) in [6, 6.07) is 5.80. The normalized spacial score (nSPS) is 32.4. The van der Waals surface area contributed by atoms with Gasteiger partial charge < -0.3 is 40.0 Å². The molecule has 2 aromatic rings. The summed E-state index contributed by atoms with van der Waals surface area (Å²) in [6.07, 6.45) is -4.08. The van der Waals surface area contributed by atoms with Gasteiger partial charge in [0, 0.05) is 35.6 Å². The second-order valence-corrected chi connectivity index (χ2v) is 10.3. The number of rotatable bonds is 5. The molecular weight excluding hydrogens is 494 g/mol. The largest absolute Gasteiger partial charge is 0.507 e. The van der Waals surface area contributed by atoms with Gasteiger partial charge in [0.1, 0.15) is 17.6 Å². The van der Waals surface area contributed by atoms with Crippen molar-refractivity contribution in [1.29, 1.82) is 0 Å². The van der Waals surface area contributed by atoms with Crippen LogP contribution in [0.4, 0.5) is 0 Å². The number of ketones is 2. The SMILES string of the molecule is CC[C@@]1(O)C[C@H](O[C@H]2C[C@H](NC)[C@H](O)[C@H](C)O2)c2cc3c(c(O)c2C1O)C(=O)c1cccc(OC)c1C3=O. The van der Waals surface area contributed by atoms with Crippen LogP contribution in [-0.4, -0.2) is 76.3 Å². The van der Waals surface area contributed by atoms with Gasteiger partial charge in [0.15, 0.2) is 17.9 Å². The molecule has 5 rings (SSSR count). The Morgan fingerprint density at radius 1 is 1.16 bits per heavy atom. The molecule has 3 aliphatic rings. The van der Waals surface area contributed by atoms with E-state index >= 15 is 0 Å². The first-order chi connectivity index (χ1) is 18.1. The predicted octanol–water partition coefficient (Wildman–Crippen LogP) is 1.90. The van der Waals surface area contributed by atoms with E-state index in [0.717, 1.165) is 0 Å². The molecule has 0 spiro atoms. The molecule has 2 aliphatic carbocycles. The lowest BCUT2D eigenvalue weighted by Gasteiger charge is -2.45. The second-order valence-electron chi connectivity index (χ2n) is 10.3. The summed E-state index contributed by atoms with van der Waals surface area (Å²) in [6.45, 7) is 3.42. The van der Waals surface area contributed by atoms with Crippen molar-refractivity contribution in [2.24, 2.45) is 0 Å². The maximum absolute atomic E-state index is 13.6. The Bertz CT molecular complexity index is 1290. The molecule has 10 nitrogen and oxygen atoms in total. The van der Waals surface area contributed by atoms with Crippen LogP contribution < -0.4 is 10.1 Å². The summed E-state index contributed by atoms with van der Waals surface area (Å²) in [4.78, 5) is 27.1. The van der Waals surface area contributed by atoms with E-state index in [2.05, 4.69) is 5.32 Å². The number of aliphatic hydroxyl groups is 3. The highest BCUT2D eigenvalue weighted by molar-refractivity contribution is 6.30. The Labute approximate surface area is 220 Å². The monoisotopic (exact) mass is 527 g/mol. The van der Waals surface area contributed by atoms with E-state index in [4.69, 9.17) is 14.2 Å². The number of aromatic hydroxyl groups is 1. The Morgan fingerprint density at radius 3 is 2.53 bits per heavy atom. The first-order valence-electron chi connectivity index (χ1n) is 12.8. The van der Waals surface area contributed by atoms with E-state index in [9.17, 15) is 30.0 Å². The average Bonchev–Trinajstić information content (AvgIpc) is 2.91. The molecule has 5 N–H and O–H groups in total. The van der Waals surface area contributed by atoms with E-state index < -0.39 is 53.6 Å². The summed E-state index contributed by atoms with van der Waals surface area (Å²) in [5, 5.41) is 47.4. The third-order valence-electron chi connectivity index (χ3n) is 8.23. The molecular formula is C28H33NO9. The zero-order chi connectivity index (χ0) is 27.5. The Kier molecular flexibility index (Phi) is 6.83. The Morgan fingerprint density at radius 2 is 1.87 bits per heavy atom. The van der Waals surface area contributed by atoms with Crippen molar-refractivity contribution in [3.8, 4) is 11.5 Å². The van der Waals surface area contributed by atoms with Gasteiger partial charge in [-0.3, -0.25) is 9.59 Å². The van der Waals surface area contributed by atoms with Crippen LogP contribution in [0.3, 0.4) is 0 Å². The number of methoxy groups -OCH3 is 1. The number of aliphatic hydroxyl groups excluding tert-OH is 2. The summed E-state index contributed by atoms with van der Waals surface area (Å²) < 4.78 is 17.5. The maximum atomic E-state index is 13.6. The second kappa shape index (κ2) is 9.71. The van der Waals surface area contributed by atoms with Gasteiger partial charge in [0.05, 0.1) is 42.1 Å². The number of nitrogens with one attached hydrogen (secondary N) is 1. The number of phenolic OH excluding ortho intramolecular Hbond substituents is 1. The van der Waals surface area contributed by atoms with Crippen LogP contribution in [0.2, 0.25) is 0 Å². The number of carbonyl (C=O) groups is 2. The lowest BCUT2D eigenvalue weighted by molar-refractivity contribution is -0.254. The predicted molar refractivity (Wildman–Crippen MR) is 134 cm³/mol. The smallest absolute Gasteiger partial charge is 0.198 e. The number of carbonyl (C=O) groups excluding carboxylic acids is 2. The highest BCUT2D eigenvalue weighted by Crippen LogP contribution is 2.52. The Hall–Kier alpha value is -2.86. The topological polar surface area (TPSA) is 155 Å². The van der Waals surface area contributed by atoms with Gasteiger partial charge in [-0.15, -0.1) is 0 Å². The molecule has 38 heavy (non-hydrogen) atoms. The fraction of sp³-hybridized carbons (Fsp3) is 0.500. The van der Waals surface area contributed by atoms with Crippen molar-refractivity contribution >= 4 is 11.6 Å². The van der Waals surface area contributed by atoms with Gasteiger partial charge in [0.25, 0.3) is 0 Å². The number of benzene rings is 2. The number of hydrogen-bond donors (Lipinski definition) is 5. The fourth-order valence-electron chi connectivity index (χ4n) is 5.94. The first-order valence-corrected chi connectivity index (χ1v) is 12.8. The zero-order valence-electron chi connectivity index (χ0n) is 21.7. The first kappa shape index (κ1) is 26.7. The van der Waals surface area contributed by atoms with E-state index in [1.165, 1.54) is 19.2 Å². The van der Waals surface area contributed by atoms with Crippen molar-refractivity contribution < 1.29 is 44.2 Å². The van der Waals surface area contributed by atoms with Crippen molar-refractivity contribution in [2.75, 3.05) is 14.2 Å². The third-order valence-corrected chi connectivity index (χ3v) is 8.23. The average molecular weight is 528 g/mol. The lowest BCUT2D eigenvalue weighted by atomic mass is 9.71. The van der Waals surface area contributed by atoms with Crippen molar-refractivity contribution in [1.82, 2.24) is 5.32 Å². The molecule has 0 amide bonds.